The molecule has 142 valence electrons. The minimum Gasteiger partial charge on any atom is -0.334 e. The molecule has 1 amide bonds. The summed E-state index contributed by atoms with van der Waals surface area (Å²) in [5.74, 6) is -0.359. The van der Waals surface area contributed by atoms with Crippen LogP contribution in [0.25, 0.3) is 0 Å². The average molecular weight is 398 g/mol. The lowest BCUT2D eigenvalue weighted by molar-refractivity contribution is 0.0742. The Hall–Kier alpha value is -1.93. The van der Waals surface area contributed by atoms with E-state index < -0.39 is 10.0 Å². The van der Waals surface area contributed by atoms with Gasteiger partial charge in [-0.05, 0) is 36.2 Å². The van der Waals surface area contributed by atoms with Crippen LogP contribution in [0.2, 0.25) is 0 Å². The van der Waals surface area contributed by atoms with Crippen LogP contribution in [0.5, 0.6) is 0 Å². The van der Waals surface area contributed by atoms with Crippen LogP contribution in [0.4, 0.5) is 0 Å². The lowest BCUT2D eigenvalue weighted by Gasteiger charge is -2.23. The summed E-state index contributed by atoms with van der Waals surface area (Å²) in [5, 5.41) is 5.04. The van der Waals surface area contributed by atoms with Crippen molar-refractivity contribution >= 4 is 28.3 Å². The van der Waals surface area contributed by atoms with Gasteiger partial charge in [-0.25, -0.2) is 13.6 Å². The molecule has 0 aliphatic rings. The SMILES string of the molecule is Cl.NCCCN(Cc1ccccc1)C(=O)c1ccc(CS(N)(=O)=O)cc1. The molecule has 0 saturated carbocycles. The molecule has 0 aromatic heterocycles. The number of carbonyl (C=O) groups excluding carboxylic acids is 1. The van der Waals surface area contributed by atoms with Gasteiger partial charge in [0.05, 0.1) is 5.75 Å². The number of nitrogens with two attached hydrogens (primary N) is 2. The third-order valence-electron chi connectivity index (χ3n) is 3.70. The molecule has 0 unspecified atom stereocenters. The average Bonchev–Trinajstić information content (AvgIpc) is 2.58. The lowest BCUT2D eigenvalue weighted by Crippen LogP contribution is -2.32. The first-order valence-corrected chi connectivity index (χ1v) is 9.73. The van der Waals surface area contributed by atoms with E-state index >= 15 is 0 Å². The van der Waals surface area contributed by atoms with Gasteiger partial charge >= 0.3 is 0 Å². The molecule has 0 atom stereocenters. The molecule has 6 nitrogen and oxygen atoms in total. The zero-order valence-electron chi connectivity index (χ0n) is 14.4. The number of halogens is 1. The first-order valence-electron chi connectivity index (χ1n) is 8.02. The Morgan fingerprint density at radius 2 is 1.58 bits per heavy atom. The number of carbonyl (C=O) groups is 1. The first-order chi connectivity index (χ1) is 11.9. The zero-order valence-corrected chi connectivity index (χ0v) is 16.0. The highest BCUT2D eigenvalue weighted by Crippen LogP contribution is 2.13. The molecule has 0 spiro atoms. The summed E-state index contributed by atoms with van der Waals surface area (Å²) in [6.45, 7) is 1.56. The fourth-order valence-electron chi connectivity index (χ4n) is 2.50. The van der Waals surface area contributed by atoms with Crippen molar-refractivity contribution in [2.45, 2.75) is 18.7 Å². The molecule has 0 aliphatic heterocycles. The van der Waals surface area contributed by atoms with Gasteiger partial charge in [-0.3, -0.25) is 4.79 Å². The Morgan fingerprint density at radius 1 is 0.962 bits per heavy atom. The molecule has 4 N–H and O–H groups in total. The second-order valence-corrected chi connectivity index (χ2v) is 7.47. The molecule has 0 saturated heterocycles. The van der Waals surface area contributed by atoms with Crippen LogP contribution in [-0.4, -0.2) is 32.3 Å². The smallest absolute Gasteiger partial charge is 0.254 e. The predicted octanol–water partition coefficient (Wildman–Crippen LogP) is 1.89. The molecule has 2 aromatic carbocycles. The van der Waals surface area contributed by atoms with Gasteiger partial charge in [-0.15, -0.1) is 12.4 Å². The van der Waals surface area contributed by atoms with Crippen molar-refractivity contribution < 1.29 is 13.2 Å². The Kier molecular flexibility index (Phi) is 8.74. The summed E-state index contributed by atoms with van der Waals surface area (Å²) in [6, 6.07) is 16.2. The Balaban J connectivity index is 0.00000338. The van der Waals surface area contributed by atoms with Crippen molar-refractivity contribution in [2.75, 3.05) is 13.1 Å². The summed E-state index contributed by atoms with van der Waals surface area (Å²) >= 11 is 0. The van der Waals surface area contributed by atoms with E-state index in [0.29, 0.717) is 37.2 Å². The second kappa shape index (κ2) is 10.3. The Bertz CT molecular complexity index is 796. The van der Waals surface area contributed by atoms with Crippen molar-refractivity contribution in [3.63, 3.8) is 0 Å². The van der Waals surface area contributed by atoms with Crippen molar-refractivity contribution in [3.05, 3.63) is 71.3 Å². The molecule has 0 heterocycles. The molecule has 0 fully saturated rings. The third-order valence-corrected chi connectivity index (χ3v) is 4.44. The summed E-state index contributed by atoms with van der Waals surface area (Å²) in [6.07, 6.45) is 0.710. The zero-order chi connectivity index (χ0) is 18.3. The van der Waals surface area contributed by atoms with Crippen molar-refractivity contribution in [3.8, 4) is 0 Å². The molecule has 8 heteroatoms. The predicted molar refractivity (Wildman–Crippen MR) is 105 cm³/mol. The Morgan fingerprint density at radius 3 is 2.12 bits per heavy atom. The number of hydrogen-bond donors (Lipinski definition) is 2. The van der Waals surface area contributed by atoms with Crippen LogP contribution in [0.15, 0.2) is 54.6 Å². The van der Waals surface area contributed by atoms with Gasteiger partial charge in [0.2, 0.25) is 10.0 Å². The maximum absolute atomic E-state index is 12.8. The van der Waals surface area contributed by atoms with Gasteiger partial charge < -0.3 is 10.6 Å². The van der Waals surface area contributed by atoms with Crippen LogP contribution in [-0.2, 0) is 22.3 Å². The summed E-state index contributed by atoms with van der Waals surface area (Å²) in [5.41, 5.74) is 7.68. The van der Waals surface area contributed by atoms with E-state index in [0.717, 1.165) is 5.56 Å². The maximum atomic E-state index is 12.8. The molecule has 0 bridgehead atoms. The molecule has 2 rings (SSSR count). The number of nitrogens with zero attached hydrogens (tertiary/aromatic N) is 1. The molecule has 26 heavy (non-hydrogen) atoms. The molecular formula is C18H24ClN3O3S. The quantitative estimate of drug-likeness (QED) is 0.709. The molecular weight excluding hydrogens is 374 g/mol. The van der Waals surface area contributed by atoms with Gasteiger partial charge in [0.1, 0.15) is 0 Å². The van der Waals surface area contributed by atoms with Crippen molar-refractivity contribution in [2.24, 2.45) is 10.9 Å². The van der Waals surface area contributed by atoms with E-state index in [1.807, 2.05) is 30.3 Å². The van der Waals surface area contributed by atoms with E-state index in [-0.39, 0.29) is 24.1 Å². The second-order valence-electron chi connectivity index (χ2n) is 5.86. The molecule has 2 aromatic rings. The van der Waals surface area contributed by atoms with Crippen LogP contribution in [0.1, 0.15) is 27.9 Å². The summed E-state index contributed by atoms with van der Waals surface area (Å²) in [7, 11) is -3.59. The number of rotatable bonds is 8. The fourth-order valence-corrected chi connectivity index (χ4v) is 3.15. The highest BCUT2D eigenvalue weighted by molar-refractivity contribution is 7.88. The first kappa shape index (κ1) is 22.1. The molecule has 0 radical (unpaired) electrons. The highest BCUT2D eigenvalue weighted by atomic mass is 35.5. The van der Waals surface area contributed by atoms with Gasteiger partial charge in [-0.2, -0.15) is 0 Å². The summed E-state index contributed by atoms with van der Waals surface area (Å²) < 4.78 is 22.3. The van der Waals surface area contributed by atoms with Crippen LogP contribution in [0.3, 0.4) is 0 Å². The van der Waals surface area contributed by atoms with E-state index in [4.69, 9.17) is 10.9 Å². The minimum atomic E-state index is -3.59. The number of hydrogen-bond acceptors (Lipinski definition) is 4. The van der Waals surface area contributed by atoms with Crippen LogP contribution < -0.4 is 10.9 Å². The normalized spacial score (nSPS) is 10.8. The number of primary sulfonamides is 1. The van der Waals surface area contributed by atoms with Crippen LogP contribution in [0, 0.1) is 0 Å². The molecule has 0 aliphatic carbocycles. The number of sulfonamides is 1. The monoisotopic (exact) mass is 397 g/mol. The minimum absolute atomic E-state index is 0. The number of amides is 1. The van der Waals surface area contributed by atoms with Gasteiger partial charge in [0.25, 0.3) is 5.91 Å². The highest BCUT2D eigenvalue weighted by Gasteiger charge is 2.16. The van der Waals surface area contributed by atoms with Crippen LogP contribution >= 0.6 is 12.4 Å². The van der Waals surface area contributed by atoms with Gasteiger partial charge in [0, 0.05) is 18.7 Å². The van der Waals surface area contributed by atoms with E-state index in [1.165, 1.54) is 0 Å². The fraction of sp³-hybridized carbons (Fsp3) is 0.278. The standard InChI is InChI=1S/C18H23N3O3S.ClH/c19-11-4-12-21(13-15-5-2-1-3-6-15)18(22)17-9-7-16(8-10-17)14-25(20,23)24;/h1-3,5-10H,4,11-14,19H2,(H2,20,23,24);1H. The summed E-state index contributed by atoms with van der Waals surface area (Å²) in [4.78, 5) is 14.5. The van der Waals surface area contributed by atoms with E-state index in [1.54, 1.807) is 29.2 Å². The third kappa shape index (κ3) is 7.13. The van der Waals surface area contributed by atoms with Gasteiger partial charge in [-0.1, -0.05) is 42.5 Å². The Labute approximate surface area is 160 Å². The van der Waals surface area contributed by atoms with Crippen molar-refractivity contribution in [1.82, 2.24) is 4.90 Å². The maximum Gasteiger partial charge on any atom is 0.254 e. The topological polar surface area (TPSA) is 106 Å². The van der Waals surface area contributed by atoms with E-state index in [9.17, 15) is 13.2 Å². The van der Waals surface area contributed by atoms with Crippen molar-refractivity contribution in [1.29, 1.82) is 0 Å². The van der Waals surface area contributed by atoms with Gasteiger partial charge in [0.15, 0.2) is 0 Å². The number of benzene rings is 2. The lowest BCUT2D eigenvalue weighted by atomic mass is 10.1. The van der Waals surface area contributed by atoms with E-state index in [2.05, 4.69) is 0 Å². The largest absolute Gasteiger partial charge is 0.334 e.